The molecule has 2 rings (SSSR count). The number of imide groups is 1. The molecule has 2 aliphatic rings. The smallest absolute Gasteiger partial charge is 0.325 e. The van der Waals surface area contributed by atoms with Crippen LogP contribution in [0.15, 0.2) is 0 Å². The summed E-state index contributed by atoms with van der Waals surface area (Å²) in [7, 11) is 0. The molecule has 1 heterocycles. The summed E-state index contributed by atoms with van der Waals surface area (Å²) in [6.07, 6.45) is 4.28. The van der Waals surface area contributed by atoms with E-state index in [0.717, 1.165) is 25.7 Å². The molecule has 0 bridgehead atoms. The molecule has 0 atom stereocenters. The lowest BCUT2D eigenvalue weighted by Gasteiger charge is -2.27. The molecule has 0 aromatic rings. The lowest BCUT2D eigenvalue weighted by molar-refractivity contribution is -0.127. The Labute approximate surface area is 106 Å². The third kappa shape index (κ3) is 2.32. The molecule has 6 heteroatoms. The number of nitrogens with zero attached hydrogens (tertiary/aromatic N) is 1. The Morgan fingerprint density at radius 2 is 2.00 bits per heavy atom. The highest BCUT2D eigenvalue weighted by atomic mass is 16.2. The molecule has 1 saturated heterocycles. The van der Waals surface area contributed by atoms with Gasteiger partial charge in [-0.1, -0.05) is 12.8 Å². The maximum Gasteiger partial charge on any atom is 0.325 e. The van der Waals surface area contributed by atoms with E-state index in [0.29, 0.717) is 0 Å². The summed E-state index contributed by atoms with van der Waals surface area (Å²) in [5, 5.41) is 5.13. The van der Waals surface area contributed by atoms with E-state index in [1.54, 1.807) is 13.8 Å². The third-order valence-corrected chi connectivity index (χ3v) is 3.72. The number of hydrogen-bond donors (Lipinski definition) is 2. The van der Waals surface area contributed by atoms with Crippen molar-refractivity contribution in [2.45, 2.75) is 51.1 Å². The number of carbonyl (C=O) groups is 3. The van der Waals surface area contributed by atoms with Crippen molar-refractivity contribution in [3.05, 3.63) is 0 Å². The summed E-state index contributed by atoms with van der Waals surface area (Å²) in [5.41, 5.74) is -0.954. The Bertz CT molecular complexity index is 386. The van der Waals surface area contributed by atoms with Crippen molar-refractivity contribution in [3.63, 3.8) is 0 Å². The quantitative estimate of drug-likeness (QED) is 0.713. The van der Waals surface area contributed by atoms with E-state index in [4.69, 9.17) is 0 Å². The molecular weight excluding hydrogens is 234 g/mol. The Balaban J connectivity index is 1.93. The van der Waals surface area contributed by atoms with Crippen LogP contribution in [0, 0.1) is 0 Å². The summed E-state index contributed by atoms with van der Waals surface area (Å²) in [6, 6.07) is -0.270. The lowest BCUT2D eigenvalue weighted by atomic mass is 10.0. The molecule has 0 aromatic carbocycles. The molecule has 18 heavy (non-hydrogen) atoms. The van der Waals surface area contributed by atoms with Crippen LogP contribution in [0.25, 0.3) is 0 Å². The first-order valence-corrected chi connectivity index (χ1v) is 6.33. The predicted molar refractivity (Wildman–Crippen MR) is 64.7 cm³/mol. The average Bonchev–Trinajstić information content (AvgIpc) is 2.83. The van der Waals surface area contributed by atoms with Crippen LogP contribution in [0.3, 0.4) is 0 Å². The van der Waals surface area contributed by atoms with Crippen LogP contribution in [-0.2, 0) is 9.59 Å². The minimum atomic E-state index is -0.954. The van der Waals surface area contributed by atoms with Gasteiger partial charge in [-0.2, -0.15) is 0 Å². The molecule has 0 unspecified atom stereocenters. The van der Waals surface area contributed by atoms with Gasteiger partial charge in [0, 0.05) is 6.04 Å². The standard InChI is InChI=1S/C12H19N3O3/c1-12(2)10(17)14-11(18)15(12)7-9(16)13-8-5-3-4-6-8/h8H,3-7H2,1-2H3,(H,13,16)(H,14,17,18). The van der Waals surface area contributed by atoms with Crippen LogP contribution in [0.1, 0.15) is 39.5 Å². The topological polar surface area (TPSA) is 78.5 Å². The Kier molecular flexibility index (Phi) is 3.28. The van der Waals surface area contributed by atoms with Crippen LogP contribution < -0.4 is 10.6 Å². The van der Waals surface area contributed by atoms with Crippen LogP contribution >= 0.6 is 0 Å². The zero-order valence-electron chi connectivity index (χ0n) is 10.8. The lowest BCUT2D eigenvalue weighted by Crippen LogP contribution is -2.50. The van der Waals surface area contributed by atoms with Crippen molar-refractivity contribution in [2.75, 3.05) is 6.54 Å². The van der Waals surface area contributed by atoms with Gasteiger partial charge in [-0.15, -0.1) is 0 Å². The van der Waals surface area contributed by atoms with Crippen LogP contribution in [0.5, 0.6) is 0 Å². The fraction of sp³-hybridized carbons (Fsp3) is 0.750. The van der Waals surface area contributed by atoms with E-state index in [-0.39, 0.29) is 24.4 Å². The van der Waals surface area contributed by atoms with Gasteiger partial charge >= 0.3 is 6.03 Å². The zero-order chi connectivity index (χ0) is 13.3. The minimum absolute atomic E-state index is 0.0684. The zero-order valence-corrected chi connectivity index (χ0v) is 10.8. The Hall–Kier alpha value is -1.59. The molecule has 1 saturated carbocycles. The molecule has 1 aliphatic carbocycles. The SMILES string of the molecule is CC1(C)C(=O)NC(=O)N1CC(=O)NC1CCCC1. The van der Waals surface area contributed by atoms with E-state index in [2.05, 4.69) is 10.6 Å². The van der Waals surface area contributed by atoms with Crippen molar-refractivity contribution in [3.8, 4) is 0 Å². The van der Waals surface area contributed by atoms with Gasteiger partial charge in [-0.25, -0.2) is 4.79 Å². The first-order valence-electron chi connectivity index (χ1n) is 6.33. The molecule has 1 aliphatic heterocycles. The fourth-order valence-electron chi connectivity index (χ4n) is 2.45. The highest BCUT2D eigenvalue weighted by Gasteiger charge is 2.46. The van der Waals surface area contributed by atoms with Gasteiger partial charge in [0.15, 0.2) is 0 Å². The van der Waals surface area contributed by atoms with Gasteiger partial charge in [0.25, 0.3) is 5.91 Å². The molecule has 0 radical (unpaired) electrons. The van der Waals surface area contributed by atoms with E-state index < -0.39 is 11.6 Å². The summed E-state index contributed by atoms with van der Waals surface area (Å²) < 4.78 is 0. The summed E-state index contributed by atoms with van der Waals surface area (Å²) in [4.78, 5) is 36.3. The summed E-state index contributed by atoms with van der Waals surface area (Å²) in [5.74, 6) is -0.555. The van der Waals surface area contributed by atoms with E-state index in [1.807, 2.05) is 0 Å². The number of amides is 4. The third-order valence-electron chi connectivity index (χ3n) is 3.72. The van der Waals surface area contributed by atoms with Crippen molar-refractivity contribution in [1.29, 1.82) is 0 Å². The summed E-state index contributed by atoms with van der Waals surface area (Å²) in [6.45, 7) is 3.20. The first-order chi connectivity index (χ1) is 8.41. The van der Waals surface area contributed by atoms with Gasteiger partial charge in [-0.3, -0.25) is 14.9 Å². The van der Waals surface area contributed by atoms with Crippen LogP contribution in [0.2, 0.25) is 0 Å². The van der Waals surface area contributed by atoms with Crippen molar-refractivity contribution in [2.24, 2.45) is 0 Å². The number of hydrogen-bond acceptors (Lipinski definition) is 3. The van der Waals surface area contributed by atoms with Crippen molar-refractivity contribution in [1.82, 2.24) is 15.5 Å². The first kappa shape index (κ1) is 12.9. The Morgan fingerprint density at radius 3 is 2.50 bits per heavy atom. The molecule has 2 fully saturated rings. The maximum absolute atomic E-state index is 11.9. The second-order valence-corrected chi connectivity index (χ2v) is 5.45. The summed E-state index contributed by atoms with van der Waals surface area (Å²) >= 11 is 0. The van der Waals surface area contributed by atoms with E-state index in [9.17, 15) is 14.4 Å². The van der Waals surface area contributed by atoms with Gasteiger partial charge in [0.05, 0.1) is 0 Å². The van der Waals surface area contributed by atoms with Gasteiger partial charge < -0.3 is 10.2 Å². The number of nitrogens with one attached hydrogen (secondary N) is 2. The van der Waals surface area contributed by atoms with E-state index in [1.165, 1.54) is 4.90 Å². The highest BCUT2D eigenvalue weighted by Crippen LogP contribution is 2.21. The Morgan fingerprint density at radius 1 is 1.39 bits per heavy atom. The second-order valence-electron chi connectivity index (χ2n) is 5.45. The fourth-order valence-corrected chi connectivity index (χ4v) is 2.45. The maximum atomic E-state index is 11.9. The molecule has 100 valence electrons. The average molecular weight is 253 g/mol. The van der Waals surface area contributed by atoms with Crippen molar-refractivity contribution >= 4 is 17.8 Å². The molecule has 0 spiro atoms. The minimum Gasteiger partial charge on any atom is -0.352 e. The van der Waals surface area contributed by atoms with Gasteiger partial charge in [0.2, 0.25) is 5.91 Å². The van der Waals surface area contributed by atoms with Crippen LogP contribution in [0.4, 0.5) is 4.79 Å². The number of rotatable bonds is 3. The normalized spacial score (nSPS) is 23.3. The second kappa shape index (κ2) is 4.59. The molecule has 2 N–H and O–H groups in total. The molecule has 0 aromatic heterocycles. The number of carbonyl (C=O) groups excluding carboxylic acids is 3. The monoisotopic (exact) mass is 253 g/mol. The van der Waals surface area contributed by atoms with Gasteiger partial charge in [-0.05, 0) is 26.7 Å². The van der Waals surface area contributed by atoms with Crippen molar-refractivity contribution < 1.29 is 14.4 Å². The number of urea groups is 1. The van der Waals surface area contributed by atoms with E-state index >= 15 is 0 Å². The van der Waals surface area contributed by atoms with Gasteiger partial charge in [0.1, 0.15) is 12.1 Å². The predicted octanol–water partition coefficient (Wildman–Crippen LogP) is 0.376. The largest absolute Gasteiger partial charge is 0.352 e. The molecular formula is C12H19N3O3. The van der Waals surface area contributed by atoms with Crippen LogP contribution in [-0.4, -0.2) is 40.9 Å². The molecule has 6 nitrogen and oxygen atoms in total. The molecule has 4 amide bonds. The highest BCUT2D eigenvalue weighted by molar-refractivity contribution is 6.07.